The van der Waals surface area contributed by atoms with Gasteiger partial charge in [-0.05, 0) is 42.5 Å². The van der Waals surface area contributed by atoms with Gasteiger partial charge in [-0.3, -0.25) is 19.9 Å². The van der Waals surface area contributed by atoms with Crippen LogP contribution in [-0.4, -0.2) is 41.0 Å². The van der Waals surface area contributed by atoms with Crippen molar-refractivity contribution in [2.24, 2.45) is 5.92 Å². The van der Waals surface area contributed by atoms with Crippen molar-refractivity contribution in [3.8, 4) is 33.9 Å². The minimum Gasteiger partial charge on any atom is -0.337 e. The highest BCUT2D eigenvalue weighted by Crippen LogP contribution is 2.33. The van der Waals surface area contributed by atoms with E-state index in [1.807, 2.05) is 29.6 Å². The topological polar surface area (TPSA) is 125 Å². The maximum absolute atomic E-state index is 12.2. The van der Waals surface area contributed by atoms with Crippen molar-refractivity contribution >= 4 is 45.0 Å². The monoisotopic (exact) mass is 478 g/mol. The number of pyridine rings is 3. The van der Waals surface area contributed by atoms with E-state index in [1.54, 1.807) is 36.1 Å². The van der Waals surface area contributed by atoms with Crippen LogP contribution in [0.4, 0.5) is 5.69 Å². The number of carbonyl (C=O) groups is 1. The number of nitrogens with zero attached hydrogens (tertiary/aromatic N) is 5. The van der Waals surface area contributed by atoms with Crippen LogP contribution in [0.25, 0.3) is 56.0 Å². The maximum Gasteiger partial charge on any atom is 0.227 e. The second-order valence-electron chi connectivity index (χ2n) is 8.57. The molecule has 170 valence electrons. The van der Waals surface area contributed by atoms with Crippen molar-refractivity contribution in [1.82, 2.24) is 35.1 Å². The largest absolute Gasteiger partial charge is 0.337 e. The lowest BCUT2D eigenvalue weighted by molar-refractivity contribution is -0.117. The summed E-state index contributed by atoms with van der Waals surface area (Å²) in [5.74, 6) is 0.842. The highest BCUT2D eigenvalue weighted by Gasteiger charge is 2.29. The van der Waals surface area contributed by atoms with E-state index in [0.29, 0.717) is 17.2 Å². The van der Waals surface area contributed by atoms with Crippen LogP contribution in [0.5, 0.6) is 0 Å². The smallest absolute Gasteiger partial charge is 0.227 e. The fraction of sp³-hybridized carbons (Fsp3) is 0.120. The van der Waals surface area contributed by atoms with Crippen LogP contribution in [0.1, 0.15) is 12.8 Å². The second-order valence-corrected chi connectivity index (χ2v) is 9.35. The van der Waals surface area contributed by atoms with Crippen LogP contribution in [0.2, 0.25) is 0 Å². The third-order valence-corrected chi connectivity index (χ3v) is 6.81. The summed E-state index contributed by atoms with van der Waals surface area (Å²) in [4.78, 5) is 33.8. The molecule has 0 bridgehead atoms. The summed E-state index contributed by atoms with van der Waals surface area (Å²) < 4.78 is 0. The molecule has 6 heterocycles. The quantitative estimate of drug-likeness (QED) is 0.319. The molecule has 0 spiro atoms. The number of thiophene rings is 1. The predicted molar refractivity (Wildman–Crippen MR) is 135 cm³/mol. The summed E-state index contributed by atoms with van der Waals surface area (Å²) in [7, 11) is 0. The molecule has 1 amide bonds. The zero-order valence-corrected chi connectivity index (χ0v) is 19.1. The summed E-state index contributed by atoms with van der Waals surface area (Å²) in [6.45, 7) is 0. The van der Waals surface area contributed by atoms with Crippen LogP contribution in [0.15, 0.2) is 59.8 Å². The van der Waals surface area contributed by atoms with E-state index in [1.165, 1.54) is 0 Å². The lowest BCUT2D eigenvalue weighted by Gasteiger charge is -2.06. The number of rotatable bonds is 5. The highest BCUT2D eigenvalue weighted by molar-refractivity contribution is 7.08. The first-order chi connectivity index (χ1) is 17.2. The van der Waals surface area contributed by atoms with Crippen molar-refractivity contribution in [3.05, 3.63) is 59.8 Å². The standard InChI is InChI=1S/C25H18N8OS/c34-25(13-1-2-13)29-17-7-15(9-26-11-17)16-8-18-21(32-33-23(18)28-10-16)24-30-19-3-5-27-20(22(19)31-24)14-4-6-35-12-14/h3-13H,1-2H2,(H,29,34)(H,30,31)(H,28,32,33). The van der Waals surface area contributed by atoms with Crippen molar-refractivity contribution in [2.45, 2.75) is 12.8 Å². The predicted octanol–water partition coefficient (Wildman–Crippen LogP) is 5.04. The highest BCUT2D eigenvalue weighted by atomic mass is 32.1. The third kappa shape index (κ3) is 3.55. The average molecular weight is 479 g/mol. The Kier molecular flexibility index (Phi) is 4.46. The van der Waals surface area contributed by atoms with Gasteiger partial charge in [-0.2, -0.15) is 16.4 Å². The number of H-pyrrole nitrogens is 2. The molecule has 0 aliphatic heterocycles. The summed E-state index contributed by atoms with van der Waals surface area (Å²) in [5, 5.41) is 15.3. The molecular formula is C25H18N8OS. The lowest BCUT2D eigenvalue weighted by atomic mass is 10.1. The molecule has 1 aliphatic rings. The molecule has 10 heteroatoms. The first-order valence-corrected chi connectivity index (χ1v) is 12.2. The van der Waals surface area contributed by atoms with Gasteiger partial charge in [0.15, 0.2) is 11.5 Å². The average Bonchev–Trinajstić information content (AvgIpc) is 3.26. The second kappa shape index (κ2) is 7.81. The summed E-state index contributed by atoms with van der Waals surface area (Å²) in [6, 6.07) is 7.88. The van der Waals surface area contributed by atoms with Crippen molar-refractivity contribution in [2.75, 3.05) is 5.32 Å². The van der Waals surface area contributed by atoms with E-state index >= 15 is 0 Å². The fourth-order valence-corrected chi connectivity index (χ4v) is 4.80. The number of aromatic nitrogens is 7. The zero-order chi connectivity index (χ0) is 23.4. The summed E-state index contributed by atoms with van der Waals surface area (Å²) in [5.41, 5.74) is 7.31. The van der Waals surface area contributed by atoms with E-state index < -0.39 is 0 Å². The van der Waals surface area contributed by atoms with Gasteiger partial charge >= 0.3 is 0 Å². The molecule has 0 aromatic carbocycles. The number of nitrogens with one attached hydrogen (secondary N) is 3. The van der Waals surface area contributed by atoms with Crippen molar-refractivity contribution in [3.63, 3.8) is 0 Å². The lowest BCUT2D eigenvalue weighted by Crippen LogP contribution is -2.13. The molecule has 9 nitrogen and oxygen atoms in total. The molecular weight excluding hydrogens is 460 g/mol. The molecule has 1 fully saturated rings. The Morgan fingerprint density at radius 2 is 1.97 bits per heavy atom. The van der Waals surface area contributed by atoms with Gasteiger partial charge < -0.3 is 10.3 Å². The van der Waals surface area contributed by atoms with Gasteiger partial charge in [0.05, 0.1) is 28.5 Å². The van der Waals surface area contributed by atoms with Crippen molar-refractivity contribution < 1.29 is 4.79 Å². The molecule has 6 aromatic rings. The first kappa shape index (κ1) is 20.0. The van der Waals surface area contributed by atoms with E-state index in [9.17, 15) is 4.79 Å². The van der Waals surface area contributed by atoms with Gasteiger partial charge in [0.1, 0.15) is 11.2 Å². The first-order valence-electron chi connectivity index (χ1n) is 11.2. The van der Waals surface area contributed by atoms with Crippen LogP contribution in [0.3, 0.4) is 0 Å². The fourth-order valence-electron chi connectivity index (χ4n) is 4.16. The van der Waals surface area contributed by atoms with Crippen LogP contribution in [0, 0.1) is 5.92 Å². The number of hydrogen-bond donors (Lipinski definition) is 3. The van der Waals surface area contributed by atoms with E-state index in [-0.39, 0.29) is 11.8 Å². The van der Waals surface area contributed by atoms with Gasteiger partial charge in [0.2, 0.25) is 5.91 Å². The number of carbonyl (C=O) groups excluding carboxylic acids is 1. The molecule has 0 radical (unpaired) electrons. The minimum absolute atomic E-state index is 0.0517. The summed E-state index contributed by atoms with van der Waals surface area (Å²) in [6.07, 6.45) is 8.87. The van der Waals surface area contributed by atoms with Crippen molar-refractivity contribution in [1.29, 1.82) is 0 Å². The molecule has 0 atom stereocenters. The van der Waals surface area contributed by atoms with Crippen LogP contribution < -0.4 is 5.32 Å². The molecule has 7 rings (SSSR count). The van der Waals surface area contributed by atoms with E-state index in [2.05, 4.69) is 40.8 Å². The van der Waals surface area contributed by atoms with Gasteiger partial charge in [-0.25, -0.2) is 9.97 Å². The number of anilines is 1. The molecule has 6 aromatic heterocycles. The molecule has 0 unspecified atom stereocenters. The normalized spacial score (nSPS) is 13.5. The minimum atomic E-state index is 0.0517. The Hall–Kier alpha value is -4.44. The summed E-state index contributed by atoms with van der Waals surface area (Å²) >= 11 is 1.63. The number of amides is 1. The number of aromatic amines is 2. The Bertz CT molecular complexity index is 1710. The van der Waals surface area contributed by atoms with Crippen LogP contribution >= 0.6 is 11.3 Å². The third-order valence-electron chi connectivity index (χ3n) is 6.13. The van der Waals surface area contributed by atoms with Gasteiger partial charge in [0, 0.05) is 46.6 Å². The Morgan fingerprint density at radius 3 is 2.83 bits per heavy atom. The zero-order valence-electron chi connectivity index (χ0n) is 18.3. The SMILES string of the molecule is O=C(Nc1cncc(-c2cnc3n[nH]c(-c4nc5c(-c6ccsc6)nccc5[nH]4)c3c2)c1)C1CC1. The Balaban J connectivity index is 1.29. The Morgan fingerprint density at radius 1 is 1.06 bits per heavy atom. The van der Waals surface area contributed by atoms with Gasteiger partial charge in [-0.15, -0.1) is 0 Å². The molecule has 1 aliphatic carbocycles. The molecule has 1 saturated carbocycles. The van der Waals surface area contributed by atoms with Gasteiger partial charge in [-0.1, -0.05) is 0 Å². The molecule has 3 N–H and O–H groups in total. The van der Waals surface area contributed by atoms with Crippen LogP contribution in [-0.2, 0) is 4.79 Å². The maximum atomic E-state index is 12.2. The van der Waals surface area contributed by atoms with E-state index in [4.69, 9.17) is 4.98 Å². The van der Waals surface area contributed by atoms with Gasteiger partial charge in [0.25, 0.3) is 0 Å². The number of fused-ring (bicyclic) bond motifs is 2. The van der Waals surface area contributed by atoms with E-state index in [0.717, 1.165) is 57.3 Å². The molecule has 35 heavy (non-hydrogen) atoms. The molecule has 0 saturated heterocycles. The number of imidazole rings is 1. The Labute approximate surface area is 202 Å². The number of hydrogen-bond acceptors (Lipinski definition) is 7.